The number of carbonyl (C=O) groups is 3. The lowest BCUT2D eigenvalue weighted by Crippen LogP contribution is -2.33. The maximum Gasteiger partial charge on any atom is 0.416 e. The van der Waals surface area contributed by atoms with Crippen molar-refractivity contribution >= 4 is 29.7 Å². The van der Waals surface area contributed by atoms with E-state index in [2.05, 4.69) is 4.74 Å². The average Bonchev–Trinajstić information content (AvgIpc) is 2.64. The number of amides is 2. The van der Waals surface area contributed by atoms with Gasteiger partial charge in [0.05, 0.1) is 18.2 Å². The summed E-state index contributed by atoms with van der Waals surface area (Å²) in [6.45, 7) is 2.09. The number of carboxylic acids is 1. The molecule has 1 unspecified atom stereocenters. The lowest BCUT2D eigenvalue weighted by Gasteiger charge is -2.10. The Morgan fingerprint density at radius 3 is 2.81 bits per heavy atom. The van der Waals surface area contributed by atoms with Crippen LogP contribution in [0, 0.1) is 5.92 Å². The van der Waals surface area contributed by atoms with Crippen LogP contribution in [-0.2, 0) is 14.3 Å². The van der Waals surface area contributed by atoms with Gasteiger partial charge >= 0.3 is 12.1 Å². The molecule has 6 nitrogen and oxygen atoms in total. The van der Waals surface area contributed by atoms with Crippen LogP contribution >= 0.6 is 11.8 Å². The van der Waals surface area contributed by atoms with Gasteiger partial charge in [0, 0.05) is 5.75 Å². The van der Waals surface area contributed by atoms with Crippen LogP contribution in [-0.4, -0.2) is 52.6 Å². The van der Waals surface area contributed by atoms with Gasteiger partial charge in [-0.2, -0.15) is 11.8 Å². The quantitative estimate of drug-likeness (QED) is 0.758. The maximum absolute atomic E-state index is 11.5. The average molecular weight is 247 g/mol. The number of nitrogens with zero attached hydrogens (tertiary/aromatic N) is 1. The molecular formula is C9H13NO5S. The fourth-order valence-electron chi connectivity index (χ4n) is 1.09. The van der Waals surface area contributed by atoms with Gasteiger partial charge in [-0.3, -0.25) is 9.59 Å². The molecule has 1 aliphatic heterocycles. The maximum atomic E-state index is 11.5. The van der Waals surface area contributed by atoms with Crippen LogP contribution in [0.15, 0.2) is 0 Å². The van der Waals surface area contributed by atoms with Crippen LogP contribution in [0.3, 0.4) is 0 Å². The van der Waals surface area contributed by atoms with E-state index in [0.29, 0.717) is 5.75 Å². The van der Waals surface area contributed by atoms with E-state index in [1.165, 1.54) is 11.8 Å². The van der Waals surface area contributed by atoms with Gasteiger partial charge in [0.1, 0.15) is 6.61 Å². The highest BCUT2D eigenvalue weighted by Crippen LogP contribution is 2.11. The number of carbonyl (C=O) groups excluding carboxylic acids is 2. The molecule has 1 atom stereocenters. The van der Waals surface area contributed by atoms with Crippen LogP contribution in [0.2, 0.25) is 0 Å². The van der Waals surface area contributed by atoms with Crippen molar-refractivity contribution in [3.8, 4) is 0 Å². The lowest BCUT2D eigenvalue weighted by atomic mass is 10.2. The van der Waals surface area contributed by atoms with Crippen molar-refractivity contribution in [1.82, 2.24) is 4.90 Å². The molecule has 0 aromatic carbocycles. The summed E-state index contributed by atoms with van der Waals surface area (Å²) in [7, 11) is 0. The van der Waals surface area contributed by atoms with Gasteiger partial charge < -0.3 is 9.84 Å². The Bertz CT molecular complexity index is 306. The highest BCUT2D eigenvalue weighted by atomic mass is 32.2. The third-order valence-corrected chi connectivity index (χ3v) is 3.26. The second-order valence-corrected chi connectivity index (χ2v) is 4.44. The zero-order valence-electron chi connectivity index (χ0n) is 8.84. The van der Waals surface area contributed by atoms with E-state index in [1.807, 2.05) is 0 Å². The first-order valence-corrected chi connectivity index (χ1v) is 5.95. The first-order valence-electron chi connectivity index (χ1n) is 4.80. The Labute approximate surface area is 96.9 Å². The van der Waals surface area contributed by atoms with E-state index in [-0.39, 0.29) is 24.8 Å². The van der Waals surface area contributed by atoms with Gasteiger partial charge in [0.2, 0.25) is 5.91 Å². The predicted molar refractivity (Wildman–Crippen MR) is 57.2 cm³/mol. The van der Waals surface area contributed by atoms with Crippen LogP contribution in [0.1, 0.15) is 6.92 Å². The Balaban J connectivity index is 2.25. The molecule has 0 aromatic rings. The van der Waals surface area contributed by atoms with Crippen molar-refractivity contribution in [3.05, 3.63) is 0 Å². The molecule has 90 valence electrons. The lowest BCUT2D eigenvalue weighted by molar-refractivity contribution is -0.140. The summed E-state index contributed by atoms with van der Waals surface area (Å²) in [4.78, 5) is 34.0. The zero-order valence-corrected chi connectivity index (χ0v) is 9.66. The van der Waals surface area contributed by atoms with E-state index >= 15 is 0 Å². The molecular weight excluding hydrogens is 234 g/mol. The van der Waals surface area contributed by atoms with Crippen molar-refractivity contribution in [2.24, 2.45) is 5.92 Å². The Kier molecular flexibility index (Phi) is 4.60. The number of aliphatic carboxylic acids is 1. The molecule has 0 aromatic heterocycles. The standard InChI is InChI=1S/C9H13NO5S/c1-6(8(12)13)4-16-5-7(11)10-2-3-15-9(10)14/h6H,2-5H2,1H3,(H,12,13). The highest BCUT2D eigenvalue weighted by molar-refractivity contribution is 7.99. The molecule has 1 aliphatic rings. The van der Waals surface area contributed by atoms with Gasteiger partial charge in [0.15, 0.2) is 0 Å². The number of thioether (sulfide) groups is 1. The molecule has 16 heavy (non-hydrogen) atoms. The summed E-state index contributed by atoms with van der Waals surface area (Å²) in [5.74, 6) is -1.26. The zero-order chi connectivity index (χ0) is 12.1. The second-order valence-electron chi connectivity index (χ2n) is 3.41. The van der Waals surface area contributed by atoms with E-state index in [1.54, 1.807) is 6.92 Å². The number of ether oxygens (including phenoxy) is 1. The highest BCUT2D eigenvalue weighted by Gasteiger charge is 2.28. The number of hydrogen-bond donors (Lipinski definition) is 1. The molecule has 7 heteroatoms. The normalized spacial score (nSPS) is 17.1. The van der Waals surface area contributed by atoms with Crippen LogP contribution in [0.5, 0.6) is 0 Å². The van der Waals surface area contributed by atoms with Crippen molar-refractivity contribution < 1.29 is 24.2 Å². The Hall–Kier alpha value is -1.24. The van der Waals surface area contributed by atoms with Crippen LogP contribution in [0.25, 0.3) is 0 Å². The Morgan fingerprint density at radius 1 is 1.62 bits per heavy atom. The second kappa shape index (κ2) is 5.74. The summed E-state index contributed by atoms with van der Waals surface area (Å²) in [5.41, 5.74) is 0. The third kappa shape index (κ3) is 3.41. The molecule has 1 N–H and O–H groups in total. The minimum atomic E-state index is -0.888. The summed E-state index contributed by atoms with van der Waals surface area (Å²) in [5, 5.41) is 8.62. The molecule has 0 saturated carbocycles. The minimum Gasteiger partial charge on any atom is -0.481 e. The monoisotopic (exact) mass is 247 g/mol. The predicted octanol–water partition coefficient (Wildman–Crippen LogP) is 0.419. The first kappa shape index (κ1) is 12.8. The van der Waals surface area contributed by atoms with Crippen molar-refractivity contribution in [2.75, 3.05) is 24.7 Å². The van der Waals surface area contributed by atoms with Crippen molar-refractivity contribution in [3.63, 3.8) is 0 Å². The summed E-state index contributed by atoms with van der Waals surface area (Å²) >= 11 is 1.21. The molecule has 0 bridgehead atoms. The van der Waals surface area contributed by atoms with E-state index in [4.69, 9.17) is 5.11 Å². The fraction of sp³-hybridized carbons (Fsp3) is 0.667. The molecule has 0 aliphatic carbocycles. The Morgan fingerprint density at radius 2 is 2.31 bits per heavy atom. The van der Waals surface area contributed by atoms with Gasteiger partial charge in [-0.05, 0) is 0 Å². The van der Waals surface area contributed by atoms with E-state index in [9.17, 15) is 14.4 Å². The van der Waals surface area contributed by atoms with Crippen LogP contribution in [0.4, 0.5) is 4.79 Å². The SMILES string of the molecule is CC(CSCC(=O)N1CCOC1=O)C(=O)O. The first-order chi connectivity index (χ1) is 7.52. The van der Waals surface area contributed by atoms with E-state index in [0.717, 1.165) is 4.90 Å². The molecule has 1 fully saturated rings. The minimum absolute atomic E-state index is 0.104. The van der Waals surface area contributed by atoms with Crippen molar-refractivity contribution in [1.29, 1.82) is 0 Å². The molecule has 0 spiro atoms. The fourth-order valence-corrected chi connectivity index (χ4v) is 2.04. The molecule has 1 saturated heterocycles. The summed E-state index contributed by atoms with van der Waals surface area (Å²) in [6, 6.07) is 0. The van der Waals surface area contributed by atoms with Gasteiger partial charge in [-0.25, -0.2) is 9.69 Å². The van der Waals surface area contributed by atoms with Gasteiger partial charge in [-0.15, -0.1) is 0 Å². The number of imide groups is 1. The third-order valence-electron chi connectivity index (χ3n) is 2.08. The molecule has 1 heterocycles. The number of rotatable bonds is 5. The van der Waals surface area contributed by atoms with Gasteiger partial charge in [-0.1, -0.05) is 6.92 Å². The summed E-state index contributed by atoms with van der Waals surface area (Å²) in [6.07, 6.45) is -0.614. The molecule has 1 rings (SSSR count). The molecule has 0 radical (unpaired) electrons. The van der Waals surface area contributed by atoms with Crippen LogP contribution < -0.4 is 0 Å². The van der Waals surface area contributed by atoms with Gasteiger partial charge in [0.25, 0.3) is 0 Å². The summed E-state index contributed by atoms with van der Waals surface area (Å²) < 4.78 is 4.62. The topological polar surface area (TPSA) is 83.9 Å². The largest absolute Gasteiger partial charge is 0.481 e. The van der Waals surface area contributed by atoms with E-state index < -0.39 is 18.0 Å². The smallest absolute Gasteiger partial charge is 0.416 e. The van der Waals surface area contributed by atoms with Crippen molar-refractivity contribution in [2.45, 2.75) is 6.92 Å². The number of cyclic esters (lactones) is 1. The molecule has 2 amide bonds. The number of hydrogen-bond acceptors (Lipinski definition) is 5. The number of carboxylic acid groups (broad SMARTS) is 1.